The molecule has 1 aromatic heterocycles. The fraction of sp³-hybridized carbons (Fsp3) is 0.191. The second-order valence-electron chi connectivity index (χ2n) is 14.8. The Morgan fingerprint density at radius 1 is 0.727 bits per heavy atom. The highest BCUT2D eigenvalue weighted by Crippen LogP contribution is 2.47. The summed E-state index contributed by atoms with van der Waals surface area (Å²) in [7, 11) is 0. The molecule has 55 heavy (non-hydrogen) atoms. The van der Waals surface area contributed by atoms with Crippen LogP contribution < -0.4 is 10.1 Å². The Labute approximate surface area is 321 Å². The molecule has 1 aliphatic rings. The molecule has 1 N–H and O–H groups in total. The van der Waals surface area contributed by atoms with Crippen molar-refractivity contribution >= 4 is 11.8 Å². The Balaban J connectivity index is 1.36. The highest BCUT2D eigenvalue weighted by Gasteiger charge is 2.42. The molecule has 8 nitrogen and oxygen atoms in total. The minimum Gasteiger partial charge on any atom is -0.491 e. The number of ether oxygens (including phenoxy) is 2. The normalized spacial score (nSPS) is 14.3. The molecule has 0 bridgehead atoms. The van der Waals surface area contributed by atoms with E-state index >= 15 is 0 Å². The number of anilines is 1. The topological polar surface area (TPSA) is 91.2 Å². The van der Waals surface area contributed by atoms with Gasteiger partial charge in [-0.1, -0.05) is 146 Å². The first kappa shape index (κ1) is 35.5. The van der Waals surface area contributed by atoms with E-state index in [0.29, 0.717) is 23.9 Å². The van der Waals surface area contributed by atoms with E-state index in [9.17, 15) is 4.79 Å². The van der Waals surface area contributed by atoms with Crippen LogP contribution in [0.1, 0.15) is 67.3 Å². The van der Waals surface area contributed by atoms with Gasteiger partial charge in [0.1, 0.15) is 16.9 Å². The summed E-state index contributed by atoms with van der Waals surface area (Å²) >= 11 is 0. The van der Waals surface area contributed by atoms with Crippen molar-refractivity contribution in [3.05, 3.63) is 186 Å². The number of fused-ring (bicyclic) bond motifs is 1. The Morgan fingerprint density at radius 3 is 1.85 bits per heavy atom. The molecule has 1 unspecified atom stereocenters. The Hall–Kier alpha value is -6.54. The molecule has 0 saturated carbocycles. The summed E-state index contributed by atoms with van der Waals surface area (Å²) < 4.78 is 14.2. The monoisotopic (exact) mass is 725 g/mol. The minimum absolute atomic E-state index is 0.0391. The molecule has 2 heterocycles. The predicted molar refractivity (Wildman–Crippen MR) is 216 cm³/mol. The van der Waals surface area contributed by atoms with Gasteiger partial charge in [0.2, 0.25) is 0 Å². The molecule has 0 spiro atoms. The van der Waals surface area contributed by atoms with Crippen LogP contribution in [0.2, 0.25) is 0 Å². The second kappa shape index (κ2) is 15.1. The first-order valence-corrected chi connectivity index (χ1v) is 18.7. The molecule has 1 amide bonds. The summed E-state index contributed by atoms with van der Waals surface area (Å²) in [6.07, 6.45) is 1.20. The Bertz CT molecular complexity index is 2290. The Kier molecular flexibility index (Phi) is 9.72. The number of tetrazole rings is 1. The van der Waals surface area contributed by atoms with Crippen molar-refractivity contribution in [3.63, 3.8) is 0 Å². The molecule has 0 aliphatic carbocycles. The molecular weight excluding hydrogens is 683 g/mol. The molecule has 8 rings (SSSR count). The molecule has 6 aromatic carbocycles. The van der Waals surface area contributed by atoms with Crippen LogP contribution in [0.5, 0.6) is 5.75 Å². The largest absolute Gasteiger partial charge is 0.491 e. The molecule has 7 aromatic rings. The summed E-state index contributed by atoms with van der Waals surface area (Å²) in [6.45, 7) is 6.09. The van der Waals surface area contributed by atoms with Gasteiger partial charge < -0.3 is 9.47 Å². The van der Waals surface area contributed by atoms with Crippen LogP contribution in [0, 0.1) is 0 Å². The first-order chi connectivity index (χ1) is 26.8. The van der Waals surface area contributed by atoms with Crippen molar-refractivity contribution in [3.8, 4) is 28.3 Å². The fourth-order valence-electron chi connectivity index (χ4n) is 7.80. The van der Waals surface area contributed by atoms with E-state index in [4.69, 9.17) is 19.8 Å². The molecule has 1 aliphatic heterocycles. The molecule has 0 fully saturated rings. The summed E-state index contributed by atoms with van der Waals surface area (Å²) in [4.78, 5) is 13.4. The van der Waals surface area contributed by atoms with Crippen molar-refractivity contribution in [2.45, 2.75) is 50.7 Å². The van der Waals surface area contributed by atoms with Gasteiger partial charge in [-0.15, -0.1) is 5.10 Å². The van der Waals surface area contributed by atoms with E-state index in [1.807, 2.05) is 104 Å². The lowest BCUT2D eigenvalue weighted by atomic mass is 9.77. The van der Waals surface area contributed by atoms with E-state index < -0.39 is 17.2 Å². The van der Waals surface area contributed by atoms with Crippen LogP contribution in [0.25, 0.3) is 22.5 Å². The highest BCUT2D eigenvalue weighted by atomic mass is 16.6. The molecular formula is C47H43N5O3. The van der Waals surface area contributed by atoms with Crippen molar-refractivity contribution in [1.29, 1.82) is 0 Å². The summed E-state index contributed by atoms with van der Waals surface area (Å²) in [5.41, 5.74) is 6.75. The average Bonchev–Trinajstić information content (AvgIpc) is 3.59. The number of hydrogen-bond donors (Lipinski definition) is 1. The average molecular weight is 726 g/mol. The second-order valence-corrected chi connectivity index (χ2v) is 14.8. The number of rotatable bonds is 8. The number of carbonyl (C=O) groups excluding carboxylic acids is 1. The van der Waals surface area contributed by atoms with Crippen LogP contribution >= 0.6 is 0 Å². The van der Waals surface area contributed by atoms with Crippen molar-refractivity contribution < 1.29 is 14.3 Å². The lowest BCUT2D eigenvalue weighted by Gasteiger charge is -2.36. The first-order valence-electron chi connectivity index (χ1n) is 18.7. The maximum Gasteiger partial charge on any atom is 0.412 e. The third kappa shape index (κ3) is 6.99. The summed E-state index contributed by atoms with van der Waals surface area (Å²) in [5, 5.41) is 17.0. The highest BCUT2D eigenvalue weighted by molar-refractivity contribution is 5.91. The molecule has 0 saturated heterocycles. The predicted octanol–water partition coefficient (Wildman–Crippen LogP) is 10.5. The van der Waals surface area contributed by atoms with Gasteiger partial charge in [0, 0.05) is 17.0 Å². The van der Waals surface area contributed by atoms with E-state index in [0.717, 1.165) is 51.8 Å². The van der Waals surface area contributed by atoms with Crippen molar-refractivity contribution in [2.75, 3.05) is 11.9 Å². The maximum atomic E-state index is 13.4. The van der Waals surface area contributed by atoms with Gasteiger partial charge in [0.15, 0.2) is 5.82 Å². The quantitative estimate of drug-likeness (QED) is 0.157. The summed E-state index contributed by atoms with van der Waals surface area (Å²) in [6, 6.07) is 53.9. The molecule has 1 atom stereocenters. The van der Waals surface area contributed by atoms with Gasteiger partial charge in [-0.3, -0.25) is 5.32 Å². The lowest BCUT2D eigenvalue weighted by molar-refractivity contribution is 0.0635. The number of nitrogens with one attached hydrogen (secondary N) is 1. The van der Waals surface area contributed by atoms with Gasteiger partial charge in [-0.25, -0.2) is 9.48 Å². The number of amides is 1. The van der Waals surface area contributed by atoms with E-state index in [1.165, 1.54) is 5.56 Å². The van der Waals surface area contributed by atoms with Crippen LogP contribution in [-0.4, -0.2) is 38.5 Å². The van der Waals surface area contributed by atoms with Crippen LogP contribution in [0.15, 0.2) is 158 Å². The van der Waals surface area contributed by atoms with Crippen LogP contribution in [0.3, 0.4) is 0 Å². The van der Waals surface area contributed by atoms with E-state index in [2.05, 4.69) is 89.4 Å². The maximum absolute atomic E-state index is 13.4. The van der Waals surface area contributed by atoms with Crippen molar-refractivity contribution in [2.24, 2.45) is 0 Å². The molecule has 8 heteroatoms. The third-order valence-electron chi connectivity index (χ3n) is 10.1. The fourth-order valence-corrected chi connectivity index (χ4v) is 7.80. The van der Waals surface area contributed by atoms with Crippen LogP contribution in [0.4, 0.5) is 10.5 Å². The van der Waals surface area contributed by atoms with Crippen molar-refractivity contribution in [1.82, 2.24) is 20.2 Å². The minimum atomic E-state index is -0.931. The summed E-state index contributed by atoms with van der Waals surface area (Å²) in [5.74, 6) is 1.27. The van der Waals surface area contributed by atoms with E-state index in [-0.39, 0.29) is 5.92 Å². The van der Waals surface area contributed by atoms with Gasteiger partial charge in [-0.05, 0) is 89.6 Å². The zero-order valence-corrected chi connectivity index (χ0v) is 31.2. The van der Waals surface area contributed by atoms with Gasteiger partial charge >= 0.3 is 6.09 Å². The third-order valence-corrected chi connectivity index (χ3v) is 10.1. The molecule has 0 radical (unpaired) electrons. The number of benzene rings is 6. The number of aromatic nitrogens is 4. The number of carbonyl (C=O) groups is 1. The number of nitrogens with zero attached hydrogens (tertiary/aromatic N) is 4. The Morgan fingerprint density at radius 2 is 1.27 bits per heavy atom. The lowest BCUT2D eigenvalue weighted by Crippen LogP contribution is -2.39. The zero-order chi connectivity index (χ0) is 37.8. The van der Waals surface area contributed by atoms with Crippen LogP contribution in [-0.2, 0) is 10.3 Å². The zero-order valence-electron chi connectivity index (χ0n) is 31.2. The number of hydrogen-bond acceptors (Lipinski definition) is 6. The van der Waals surface area contributed by atoms with Gasteiger partial charge in [0.05, 0.1) is 12.3 Å². The molecule has 274 valence electrons. The SMILES string of the molecule is CC(C)(C)OC(=O)Nc1cc(-c2ccccc2-c2nnnn2C(c2ccccc2)(c2ccccc2)c2ccccc2)cc2c1OCCCC2c1ccccc1. The standard InChI is InChI=1S/C47H43N5O3/c1-46(2,3)55-45(53)48-42-32-34(31-41-38(29-18-30-54-43(41)42)33-19-8-4-9-20-33)39-27-16-17-28-40(39)44-49-50-51-52(44)47(35-21-10-5-11-22-35,36-23-12-6-13-24-36)37-25-14-7-15-26-37/h4-17,19-28,31-32,38H,18,29-30H2,1-3H3,(H,48,53). The smallest absolute Gasteiger partial charge is 0.412 e. The van der Waals surface area contributed by atoms with Gasteiger partial charge in [0.25, 0.3) is 0 Å². The van der Waals surface area contributed by atoms with Gasteiger partial charge in [-0.2, -0.15) is 0 Å². The van der Waals surface area contributed by atoms with E-state index in [1.54, 1.807) is 0 Å².